The van der Waals surface area contributed by atoms with Crippen molar-refractivity contribution in [3.8, 4) is 0 Å². The molecular formula is C14H17ClN4OS. The minimum atomic E-state index is -0.161. The monoisotopic (exact) mass is 324 g/mol. The van der Waals surface area contributed by atoms with E-state index in [2.05, 4.69) is 15.5 Å². The molecule has 0 saturated heterocycles. The minimum Gasteiger partial charge on any atom is -0.346 e. The van der Waals surface area contributed by atoms with Crippen LogP contribution in [0.4, 0.5) is 0 Å². The van der Waals surface area contributed by atoms with E-state index in [9.17, 15) is 4.79 Å². The van der Waals surface area contributed by atoms with Gasteiger partial charge in [0.25, 0.3) is 0 Å². The predicted octanol–water partition coefficient (Wildman–Crippen LogP) is 2.58. The summed E-state index contributed by atoms with van der Waals surface area (Å²) in [5.74, 6) is 1.81. The van der Waals surface area contributed by atoms with Crippen LogP contribution in [0.5, 0.6) is 0 Å². The molecular weight excluding hydrogens is 308 g/mol. The van der Waals surface area contributed by atoms with E-state index in [1.807, 2.05) is 38.2 Å². The number of hydrogen-bond donors (Lipinski definition) is 1. The van der Waals surface area contributed by atoms with E-state index in [1.54, 1.807) is 10.9 Å². The van der Waals surface area contributed by atoms with Gasteiger partial charge in [-0.05, 0) is 18.6 Å². The summed E-state index contributed by atoms with van der Waals surface area (Å²) in [6.45, 7) is 1.89. The number of hydrogen-bond acceptors (Lipinski definition) is 4. The highest BCUT2D eigenvalue weighted by molar-refractivity contribution is 7.99. The Morgan fingerprint density at radius 1 is 1.48 bits per heavy atom. The van der Waals surface area contributed by atoms with Crippen molar-refractivity contribution in [3.05, 3.63) is 47.0 Å². The van der Waals surface area contributed by atoms with Crippen molar-refractivity contribution in [1.29, 1.82) is 0 Å². The van der Waals surface area contributed by atoms with E-state index in [-0.39, 0.29) is 11.9 Å². The average molecular weight is 325 g/mol. The normalized spacial score (nSPS) is 12.1. The first-order valence-electron chi connectivity index (χ1n) is 6.52. The summed E-state index contributed by atoms with van der Waals surface area (Å²) in [6.07, 6.45) is 1.62. The fourth-order valence-electron chi connectivity index (χ4n) is 1.90. The third-order valence-electron chi connectivity index (χ3n) is 2.96. The molecule has 0 aliphatic carbocycles. The lowest BCUT2D eigenvalue weighted by molar-refractivity contribution is -0.119. The molecule has 5 nitrogen and oxygen atoms in total. The molecule has 0 aliphatic heterocycles. The van der Waals surface area contributed by atoms with Crippen LogP contribution in [0.1, 0.15) is 24.4 Å². The minimum absolute atomic E-state index is 0.0254. The van der Waals surface area contributed by atoms with E-state index in [1.165, 1.54) is 11.8 Å². The van der Waals surface area contributed by atoms with Gasteiger partial charge >= 0.3 is 0 Å². The Kier molecular flexibility index (Phi) is 5.64. The lowest BCUT2D eigenvalue weighted by Gasteiger charge is -2.12. The molecule has 1 aromatic carbocycles. The highest BCUT2D eigenvalue weighted by Crippen LogP contribution is 2.20. The van der Waals surface area contributed by atoms with Gasteiger partial charge in [-0.25, -0.2) is 0 Å². The number of nitrogens with zero attached hydrogens (tertiary/aromatic N) is 3. The maximum atomic E-state index is 11.9. The number of thioether (sulfide) groups is 1. The van der Waals surface area contributed by atoms with Crippen molar-refractivity contribution in [1.82, 2.24) is 20.1 Å². The number of carbonyl (C=O) groups excluding carboxylic acids is 1. The first kappa shape index (κ1) is 15.9. The Balaban J connectivity index is 1.78. The molecule has 1 N–H and O–H groups in total. The molecule has 1 atom stereocenters. The van der Waals surface area contributed by atoms with Crippen molar-refractivity contribution in [2.75, 3.05) is 5.75 Å². The highest BCUT2D eigenvalue weighted by atomic mass is 35.5. The average Bonchev–Trinajstić information content (AvgIpc) is 2.87. The number of aryl methyl sites for hydroxylation is 1. The largest absolute Gasteiger partial charge is 0.346 e. The summed E-state index contributed by atoms with van der Waals surface area (Å²) in [6, 6.07) is 7.50. The van der Waals surface area contributed by atoms with Crippen LogP contribution < -0.4 is 5.32 Å². The Bertz CT molecular complexity index is 617. The number of benzene rings is 1. The predicted molar refractivity (Wildman–Crippen MR) is 85.2 cm³/mol. The van der Waals surface area contributed by atoms with Gasteiger partial charge in [0.1, 0.15) is 6.33 Å². The van der Waals surface area contributed by atoms with Crippen LogP contribution in [-0.2, 0) is 17.6 Å². The molecule has 7 heteroatoms. The van der Waals surface area contributed by atoms with Crippen LogP contribution in [0.3, 0.4) is 0 Å². The van der Waals surface area contributed by atoms with Gasteiger partial charge in [0.05, 0.1) is 11.8 Å². The lowest BCUT2D eigenvalue weighted by Crippen LogP contribution is -2.29. The zero-order valence-electron chi connectivity index (χ0n) is 11.9. The molecule has 0 unspecified atom stereocenters. The molecule has 0 fully saturated rings. The molecule has 112 valence electrons. The molecule has 0 radical (unpaired) electrons. The van der Waals surface area contributed by atoms with Crippen LogP contribution >= 0.6 is 23.4 Å². The van der Waals surface area contributed by atoms with E-state index < -0.39 is 0 Å². The summed E-state index contributed by atoms with van der Waals surface area (Å²) >= 11 is 7.61. The van der Waals surface area contributed by atoms with E-state index in [0.717, 1.165) is 16.4 Å². The molecule has 21 heavy (non-hydrogen) atoms. The van der Waals surface area contributed by atoms with Gasteiger partial charge in [-0.15, -0.1) is 22.0 Å². The zero-order valence-corrected chi connectivity index (χ0v) is 13.5. The highest BCUT2D eigenvalue weighted by Gasteiger charge is 2.14. The number of halogens is 1. The smallest absolute Gasteiger partial charge is 0.230 e. The van der Waals surface area contributed by atoms with Crippen molar-refractivity contribution in [2.45, 2.75) is 18.7 Å². The molecule has 2 rings (SSSR count). The maximum absolute atomic E-state index is 11.9. The second-order valence-electron chi connectivity index (χ2n) is 4.67. The third kappa shape index (κ3) is 4.47. The molecule has 1 aromatic heterocycles. The van der Waals surface area contributed by atoms with Crippen molar-refractivity contribution in [3.63, 3.8) is 0 Å². The SMILES string of the molecule is C[C@H](NC(=O)CSCc1ccccc1Cl)c1nncn1C. The topological polar surface area (TPSA) is 59.8 Å². The van der Waals surface area contributed by atoms with Crippen molar-refractivity contribution < 1.29 is 4.79 Å². The number of amides is 1. The molecule has 1 heterocycles. The first-order chi connectivity index (χ1) is 10.1. The summed E-state index contributed by atoms with van der Waals surface area (Å²) in [7, 11) is 1.85. The second kappa shape index (κ2) is 7.47. The number of rotatable bonds is 6. The Morgan fingerprint density at radius 3 is 2.90 bits per heavy atom. The summed E-state index contributed by atoms with van der Waals surface area (Å²) < 4.78 is 1.79. The fourth-order valence-corrected chi connectivity index (χ4v) is 3.03. The van der Waals surface area contributed by atoms with Crippen molar-refractivity contribution >= 4 is 29.3 Å². The van der Waals surface area contributed by atoms with E-state index >= 15 is 0 Å². The quantitative estimate of drug-likeness (QED) is 0.887. The molecule has 0 aliphatic rings. The van der Waals surface area contributed by atoms with Crippen molar-refractivity contribution in [2.24, 2.45) is 7.05 Å². The molecule has 0 spiro atoms. The first-order valence-corrected chi connectivity index (χ1v) is 8.05. The van der Waals surface area contributed by atoms with Gasteiger partial charge in [-0.1, -0.05) is 29.8 Å². The summed E-state index contributed by atoms with van der Waals surface area (Å²) in [4.78, 5) is 11.9. The maximum Gasteiger partial charge on any atom is 0.230 e. The van der Waals surface area contributed by atoms with Gasteiger partial charge < -0.3 is 9.88 Å². The Labute approximate surface area is 133 Å². The van der Waals surface area contributed by atoms with Crippen LogP contribution in [-0.4, -0.2) is 26.4 Å². The van der Waals surface area contributed by atoms with Gasteiger partial charge in [0.2, 0.25) is 5.91 Å². The number of nitrogens with one attached hydrogen (secondary N) is 1. The van der Waals surface area contributed by atoms with Crippen LogP contribution in [0.2, 0.25) is 5.02 Å². The van der Waals surface area contributed by atoms with Gasteiger partial charge in [0, 0.05) is 17.8 Å². The summed E-state index contributed by atoms with van der Waals surface area (Å²) in [5, 5.41) is 11.4. The standard InChI is InChI=1S/C14H17ClN4OS/c1-10(14-18-16-9-19(14)2)17-13(20)8-21-7-11-5-3-4-6-12(11)15/h3-6,9-10H,7-8H2,1-2H3,(H,17,20)/t10-/m0/s1. The van der Waals surface area contributed by atoms with E-state index in [0.29, 0.717) is 11.5 Å². The van der Waals surface area contributed by atoms with Crippen LogP contribution in [0.15, 0.2) is 30.6 Å². The zero-order chi connectivity index (χ0) is 15.2. The van der Waals surface area contributed by atoms with Crippen LogP contribution in [0.25, 0.3) is 0 Å². The number of carbonyl (C=O) groups is 1. The van der Waals surface area contributed by atoms with E-state index in [4.69, 9.17) is 11.6 Å². The van der Waals surface area contributed by atoms with Gasteiger partial charge in [-0.3, -0.25) is 4.79 Å². The number of aromatic nitrogens is 3. The lowest BCUT2D eigenvalue weighted by atomic mass is 10.2. The molecule has 0 bridgehead atoms. The Morgan fingerprint density at radius 2 is 2.24 bits per heavy atom. The second-order valence-corrected chi connectivity index (χ2v) is 6.07. The fraction of sp³-hybridized carbons (Fsp3) is 0.357. The molecule has 1 amide bonds. The van der Waals surface area contributed by atoms with Crippen LogP contribution in [0, 0.1) is 0 Å². The molecule has 0 saturated carbocycles. The van der Waals surface area contributed by atoms with Gasteiger partial charge in [-0.2, -0.15) is 0 Å². The Hall–Kier alpha value is -1.53. The third-order valence-corrected chi connectivity index (χ3v) is 4.31. The summed E-state index contributed by atoms with van der Waals surface area (Å²) in [5.41, 5.74) is 1.04. The molecule has 2 aromatic rings. The van der Waals surface area contributed by atoms with Gasteiger partial charge in [0.15, 0.2) is 5.82 Å².